The van der Waals surface area contributed by atoms with Gasteiger partial charge in [-0.2, -0.15) is 0 Å². The summed E-state index contributed by atoms with van der Waals surface area (Å²) in [7, 11) is 0. The number of nitrogens with zero attached hydrogens (tertiary/aromatic N) is 1. The number of ether oxygens (including phenoxy) is 1. The first-order valence-corrected chi connectivity index (χ1v) is 8.20. The molecule has 0 saturated heterocycles. The van der Waals surface area contributed by atoms with Gasteiger partial charge in [0.05, 0.1) is 24.5 Å². The summed E-state index contributed by atoms with van der Waals surface area (Å²) < 4.78 is 4.90. The van der Waals surface area contributed by atoms with Crippen LogP contribution in [0.25, 0.3) is 0 Å². The minimum Gasteiger partial charge on any atom is -0.466 e. The molecular formula is C13H20N2O3S2. The molecule has 1 heterocycles. The van der Waals surface area contributed by atoms with E-state index in [1.807, 2.05) is 0 Å². The minimum absolute atomic E-state index is 0.0509. The molecule has 0 aliphatic rings. The van der Waals surface area contributed by atoms with Crippen LogP contribution in [0.2, 0.25) is 0 Å². The molecule has 1 amide bonds. The lowest BCUT2D eigenvalue weighted by molar-refractivity contribution is -0.142. The molecule has 0 saturated carbocycles. The van der Waals surface area contributed by atoms with E-state index in [0.717, 1.165) is 0 Å². The maximum absolute atomic E-state index is 11.7. The summed E-state index contributed by atoms with van der Waals surface area (Å²) in [6.45, 7) is 8.30. The lowest BCUT2D eigenvalue weighted by Gasteiger charge is -2.16. The topological polar surface area (TPSA) is 68.3 Å². The number of hydrogen-bond donors (Lipinski definition) is 1. The Hall–Kier alpha value is -1.08. The number of rotatable bonds is 6. The van der Waals surface area contributed by atoms with Crippen molar-refractivity contribution in [2.24, 2.45) is 0 Å². The van der Waals surface area contributed by atoms with E-state index in [-0.39, 0.29) is 23.0 Å². The Bertz CT molecular complexity index is 466. The van der Waals surface area contributed by atoms with Gasteiger partial charge in [0, 0.05) is 10.1 Å². The number of anilines is 1. The van der Waals surface area contributed by atoms with Crippen molar-refractivity contribution < 1.29 is 14.3 Å². The molecule has 0 atom stereocenters. The molecule has 0 radical (unpaired) electrons. The molecule has 20 heavy (non-hydrogen) atoms. The Balaban J connectivity index is 2.43. The largest absolute Gasteiger partial charge is 0.466 e. The van der Waals surface area contributed by atoms with Gasteiger partial charge in [0.15, 0.2) is 5.13 Å². The minimum atomic E-state index is -0.307. The highest BCUT2D eigenvalue weighted by Crippen LogP contribution is 2.23. The van der Waals surface area contributed by atoms with Gasteiger partial charge >= 0.3 is 5.97 Å². The monoisotopic (exact) mass is 316 g/mol. The second-order valence-corrected chi connectivity index (χ2v) is 7.74. The van der Waals surface area contributed by atoms with Crippen molar-refractivity contribution in [3.8, 4) is 0 Å². The van der Waals surface area contributed by atoms with Crippen molar-refractivity contribution in [1.29, 1.82) is 0 Å². The van der Waals surface area contributed by atoms with Gasteiger partial charge in [-0.15, -0.1) is 23.1 Å². The van der Waals surface area contributed by atoms with Crippen LogP contribution in [0.1, 0.15) is 33.4 Å². The van der Waals surface area contributed by atoms with Crippen LogP contribution >= 0.6 is 23.1 Å². The molecule has 112 valence electrons. The summed E-state index contributed by atoms with van der Waals surface area (Å²) in [5.41, 5.74) is 0.618. The fourth-order valence-electron chi connectivity index (χ4n) is 1.24. The van der Waals surface area contributed by atoms with Gasteiger partial charge in [0.1, 0.15) is 0 Å². The molecule has 0 aliphatic carbocycles. The zero-order valence-corrected chi connectivity index (χ0v) is 13.8. The molecule has 5 nitrogen and oxygen atoms in total. The first kappa shape index (κ1) is 17.0. The van der Waals surface area contributed by atoms with Gasteiger partial charge in [0.2, 0.25) is 5.91 Å². The molecule has 0 aromatic carbocycles. The summed E-state index contributed by atoms with van der Waals surface area (Å²) in [5, 5.41) is 5.01. The first-order chi connectivity index (χ1) is 9.30. The van der Waals surface area contributed by atoms with E-state index in [1.165, 1.54) is 11.3 Å². The highest BCUT2D eigenvalue weighted by molar-refractivity contribution is 8.01. The SMILES string of the molecule is CCOC(=O)Cc1csc(NC(=O)CSC(C)(C)C)n1. The molecule has 0 spiro atoms. The second kappa shape index (κ2) is 7.64. The number of esters is 1. The quantitative estimate of drug-likeness (QED) is 0.817. The van der Waals surface area contributed by atoms with Crippen LogP contribution in [0.15, 0.2) is 5.38 Å². The summed E-state index contributed by atoms with van der Waals surface area (Å²) in [6.07, 6.45) is 0.136. The van der Waals surface area contributed by atoms with E-state index >= 15 is 0 Å². The molecule has 0 fully saturated rings. The van der Waals surface area contributed by atoms with Crippen LogP contribution in [0.5, 0.6) is 0 Å². The molecular weight excluding hydrogens is 296 g/mol. The number of thioether (sulfide) groups is 1. The van der Waals surface area contributed by atoms with Crippen molar-refractivity contribution in [1.82, 2.24) is 4.98 Å². The van der Waals surface area contributed by atoms with E-state index in [4.69, 9.17) is 4.74 Å². The first-order valence-electron chi connectivity index (χ1n) is 6.34. The zero-order valence-electron chi connectivity index (χ0n) is 12.2. The summed E-state index contributed by atoms with van der Waals surface area (Å²) in [4.78, 5) is 27.2. The van der Waals surface area contributed by atoms with Gasteiger partial charge in [-0.25, -0.2) is 4.98 Å². The predicted octanol–water partition coefficient (Wildman–Crippen LogP) is 2.72. The number of hydrogen-bond acceptors (Lipinski definition) is 6. The average molecular weight is 316 g/mol. The van der Waals surface area contributed by atoms with Gasteiger partial charge in [-0.05, 0) is 6.92 Å². The van der Waals surface area contributed by atoms with Crippen molar-refractivity contribution in [2.75, 3.05) is 17.7 Å². The molecule has 0 bridgehead atoms. The van der Waals surface area contributed by atoms with Crippen LogP contribution in [-0.4, -0.2) is 34.0 Å². The molecule has 0 aliphatic heterocycles. The Morgan fingerprint density at radius 1 is 1.45 bits per heavy atom. The summed E-state index contributed by atoms with van der Waals surface area (Å²) >= 11 is 2.89. The van der Waals surface area contributed by atoms with E-state index in [9.17, 15) is 9.59 Å². The highest BCUT2D eigenvalue weighted by Gasteiger charge is 2.15. The van der Waals surface area contributed by atoms with E-state index in [1.54, 1.807) is 24.1 Å². The summed E-state index contributed by atoms with van der Waals surface area (Å²) in [6, 6.07) is 0. The smallest absolute Gasteiger partial charge is 0.311 e. The molecule has 7 heteroatoms. The van der Waals surface area contributed by atoms with Gasteiger partial charge in [-0.1, -0.05) is 20.8 Å². The van der Waals surface area contributed by atoms with Crippen molar-refractivity contribution in [2.45, 2.75) is 38.9 Å². The van der Waals surface area contributed by atoms with Crippen molar-refractivity contribution in [3.63, 3.8) is 0 Å². The van der Waals surface area contributed by atoms with Crippen LogP contribution in [0, 0.1) is 0 Å². The number of thiazole rings is 1. The standard InChI is InChI=1S/C13H20N2O3S2/c1-5-18-11(17)6-9-7-19-12(14-9)15-10(16)8-20-13(2,3)4/h7H,5-6,8H2,1-4H3,(H,14,15,16). The highest BCUT2D eigenvalue weighted by atomic mass is 32.2. The van der Waals surface area contributed by atoms with Crippen LogP contribution in [0.3, 0.4) is 0 Å². The fourth-order valence-corrected chi connectivity index (χ4v) is 2.61. The van der Waals surface area contributed by atoms with E-state index in [2.05, 4.69) is 31.1 Å². The van der Waals surface area contributed by atoms with E-state index < -0.39 is 0 Å². The third-order valence-electron chi connectivity index (χ3n) is 2.07. The van der Waals surface area contributed by atoms with Gasteiger partial charge in [0.25, 0.3) is 0 Å². The second-order valence-electron chi connectivity index (χ2n) is 5.08. The molecule has 1 N–H and O–H groups in total. The maximum atomic E-state index is 11.7. The average Bonchev–Trinajstić information content (AvgIpc) is 2.73. The number of carbonyl (C=O) groups excluding carboxylic acids is 2. The Morgan fingerprint density at radius 3 is 2.75 bits per heavy atom. The Morgan fingerprint density at radius 2 is 2.15 bits per heavy atom. The third-order valence-corrected chi connectivity index (χ3v) is 4.14. The van der Waals surface area contributed by atoms with Crippen LogP contribution in [0.4, 0.5) is 5.13 Å². The Kier molecular flexibility index (Phi) is 6.48. The Labute approximate surface area is 127 Å². The third kappa shape index (κ3) is 6.91. The summed E-state index contributed by atoms with van der Waals surface area (Å²) in [5.74, 6) is -0.00282. The molecule has 0 unspecified atom stereocenters. The lowest BCUT2D eigenvalue weighted by atomic mass is 10.3. The van der Waals surface area contributed by atoms with Gasteiger partial charge in [-0.3, -0.25) is 9.59 Å². The molecule has 1 aromatic rings. The number of nitrogens with one attached hydrogen (secondary N) is 1. The van der Waals surface area contributed by atoms with Crippen LogP contribution in [-0.2, 0) is 20.7 Å². The lowest BCUT2D eigenvalue weighted by Crippen LogP contribution is -2.18. The molecule has 1 rings (SSSR count). The number of carbonyl (C=O) groups is 2. The predicted molar refractivity (Wildman–Crippen MR) is 83.3 cm³/mol. The number of aromatic nitrogens is 1. The van der Waals surface area contributed by atoms with Crippen LogP contribution < -0.4 is 5.32 Å². The van der Waals surface area contributed by atoms with Crippen molar-refractivity contribution >= 4 is 40.1 Å². The number of amides is 1. The van der Waals surface area contributed by atoms with Crippen molar-refractivity contribution in [3.05, 3.63) is 11.1 Å². The molecule has 1 aromatic heterocycles. The normalized spacial score (nSPS) is 11.2. The maximum Gasteiger partial charge on any atom is 0.311 e. The fraction of sp³-hybridized carbons (Fsp3) is 0.615. The van der Waals surface area contributed by atoms with Gasteiger partial charge < -0.3 is 10.1 Å². The zero-order chi connectivity index (χ0) is 15.2. The van der Waals surface area contributed by atoms with E-state index in [0.29, 0.717) is 23.2 Å².